The first-order valence-corrected chi connectivity index (χ1v) is 0. The monoisotopic (exact) mass is 187 g/mol. The van der Waals surface area contributed by atoms with Crippen LogP contribution in [-0.2, 0) is 49.8 Å². The van der Waals surface area contributed by atoms with Crippen molar-refractivity contribution < 1.29 is 49.8 Å². The van der Waals surface area contributed by atoms with Gasteiger partial charge >= 0.3 is 17.1 Å². The van der Waals surface area contributed by atoms with Crippen LogP contribution in [-0.4, -0.2) is 11.0 Å². The van der Waals surface area contributed by atoms with Crippen molar-refractivity contribution in [3.05, 3.63) is 6.15 Å². The Bertz CT molecular complexity index is 8.00. The summed E-state index contributed by atoms with van der Waals surface area (Å²) in [6.07, 6.45) is 0. The van der Waals surface area contributed by atoms with E-state index in [1.807, 2.05) is 0 Å². The molecule has 0 spiro atoms. The fourth-order valence-electron chi connectivity index (χ4n) is 0. The van der Waals surface area contributed by atoms with Gasteiger partial charge < -0.3 is 6.15 Å². The first-order chi connectivity index (χ1) is 0. The van der Waals surface area contributed by atoms with Crippen LogP contribution in [0.3, 0.4) is 0 Å². The van der Waals surface area contributed by atoms with Gasteiger partial charge in [-0.1, -0.05) is 0 Å². The van der Waals surface area contributed by atoms with Gasteiger partial charge in [0.15, 0.2) is 0 Å². The van der Waals surface area contributed by atoms with E-state index in [2.05, 4.69) is 0 Å². The van der Waals surface area contributed by atoms with Crippen LogP contribution in [0.5, 0.6) is 0 Å². The van der Waals surface area contributed by atoms with Crippen LogP contribution in [0.25, 0.3) is 6.15 Å². The van der Waals surface area contributed by atoms with Crippen molar-refractivity contribution in [1.29, 1.82) is 0 Å². The van der Waals surface area contributed by atoms with E-state index in [9.17, 15) is 0 Å². The summed E-state index contributed by atoms with van der Waals surface area (Å²) in [6.45, 7) is 0. The van der Waals surface area contributed by atoms with Crippen LogP contribution in [0.2, 0.25) is 0 Å². The molecule has 0 saturated heterocycles. The van der Waals surface area contributed by atoms with Crippen molar-refractivity contribution in [1.82, 2.24) is 0 Å². The van der Waals surface area contributed by atoms with Gasteiger partial charge in [0.1, 0.15) is 0 Å². The Morgan fingerprint density at radius 2 is 1.00 bits per heavy atom. The molecule has 0 saturated carbocycles. The third-order valence-corrected chi connectivity index (χ3v) is 0. The Morgan fingerprint density at radius 3 is 1.00 bits per heavy atom. The zero-order valence-electron chi connectivity index (χ0n) is 1.88. The van der Waals surface area contributed by atoms with E-state index in [4.69, 9.17) is 0 Å². The zero-order chi connectivity index (χ0) is 0. The van der Waals surface area contributed by atoms with Crippen molar-refractivity contribution >= 4 is 11.0 Å². The van der Waals surface area contributed by atoms with E-state index in [-0.39, 0.29) is 66.9 Å². The molecule has 4 heavy (non-hydrogen) atoms. The summed E-state index contributed by atoms with van der Waals surface area (Å²) in [6, 6.07) is 0. The molecular formula is FeNSiY. The summed E-state index contributed by atoms with van der Waals surface area (Å²) in [4.78, 5) is 0. The Kier molecular flexibility index (Phi) is 221. The molecule has 20 valence electrons. The molecule has 0 heterocycles. The van der Waals surface area contributed by atoms with Crippen LogP contribution in [0, 0.1) is 0 Å². The minimum absolute atomic E-state index is 0. The van der Waals surface area contributed by atoms with Gasteiger partial charge in [-0.3, -0.25) is 0 Å². The van der Waals surface area contributed by atoms with Crippen molar-refractivity contribution in [3.63, 3.8) is 0 Å². The Hall–Kier alpha value is 1.80. The molecular weight excluding hydrogens is 187 g/mol. The van der Waals surface area contributed by atoms with Gasteiger partial charge in [-0.2, -0.15) is 0 Å². The molecule has 0 bridgehead atoms. The maximum atomic E-state index is 0. The summed E-state index contributed by atoms with van der Waals surface area (Å²) in [5.41, 5.74) is 0. The number of rotatable bonds is 0. The molecule has 0 aromatic rings. The molecule has 0 fully saturated rings. The van der Waals surface area contributed by atoms with Gasteiger partial charge in [-0.05, 0) is 0 Å². The molecule has 0 aliphatic heterocycles. The summed E-state index contributed by atoms with van der Waals surface area (Å²) >= 11 is 0. The predicted octanol–water partition coefficient (Wildman–Crippen LogP) is -0.0971. The first kappa shape index (κ1) is 41.2. The second-order valence-electron chi connectivity index (χ2n) is 0. The first-order valence-electron chi connectivity index (χ1n) is 0. The van der Waals surface area contributed by atoms with Gasteiger partial charge in [0.25, 0.3) is 0 Å². The molecule has 1 nitrogen and oxygen atoms in total. The van der Waals surface area contributed by atoms with E-state index in [0.717, 1.165) is 0 Å². The minimum Gasteiger partial charge on any atom is -3.00 e. The smallest absolute Gasteiger partial charge is 3.00 e. The van der Waals surface area contributed by atoms with E-state index >= 15 is 0 Å². The largest absolute Gasteiger partial charge is 3.00 e. The minimum atomic E-state index is 0. The molecule has 0 aliphatic rings. The van der Waals surface area contributed by atoms with E-state index < -0.39 is 0 Å². The van der Waals surface area contributed by atoms with Crippen LogP contribution < -0.4 is 0 Å². The average Bonchev–Trinajstić information content (AvgIpc) is 0. The second kappa shape index (κ2) is 21.4. The fourth-order valence-corrected chi connectivity index (χ4v) is 0. The normalized spacial score (nSPS) is 0. The van der Waals surface area contributed by atoms with Crippen LogP contribution in [0.15, 0.2) is 0 Å². The van der Waals surface area contributed by atoms with Crippen LogP contribution in [0.1, 0.15) is 0 Å². The molecule has 0 aromatic heterocycles. The molecule has 0 amide bonds. The molecule has 0 atom stereocenters. The predicted molar refractivity (Wildman–Crippen MR) is 9.11 cm³/mol. The topological polar surface area (TPSA) is 30.5 Å². The molecule has 0 rings (SSSR count). The van der Waals surface area contributed by atoms with Gasteiger partial charge in [-0.25, -0.2) is 0 Å². The van der Waals surface area contributed by atoms with Crippen LogP contribution in [0.4, 0.5) is 0 Å². The molecule has 4 heteroatoms. The van der Waals surface area contributed by atoms with Crippen molar-refractivity contribution in [2.75, 3.05) is 0 Å². The van der Waals surface area contributed by atoms with Crippen molar-refractivity contribution in [2.45, 2.75) is 0 Å². The molecule has 0 N–H and O–H groups in total. The van der Waals surface area contributed by atoms with Crippen molar-refractivity contribution in [3.8, 4) is 0 Å². The number of hydrogen-bond acceptors (Lipinski definition) is 0. The van der Waals surface area contributed by atoms with Gasteiger partial charge in [-0.15, -0.1) is 0 Å². The average molecular weight is 187 g/mol. The molecule has 0 aliphatic carbocycles. The fraction of sp³-hybridized carbons (Fsp3) is 0. The third kappa shape index (κ3) is 9.19. The summed E-state index contributed by atoms with van der Waals surface area (Å²) in [5.74, 6) is 0. The van der Waals surface area contributed by atoms with Crippen molar-refractivity contribution in [2.24, 2.45) is 0 Å². The number of hydrogen-bond donors (Lipinski definition) is 0. The molecule has 0 aromatic carbocycles. The van der Waals surface area contributed by atoms with Gasteiger partial charge in [0.2, 0.25) is 0 Å². The maximum absolute atomic E-state index is 0. The quantitative estimate of drug-likeness (QED) is 0.474. The van der Waals surface area contributed by atoms with Gasteiger partial charge in [0, 0.05) is 43.7 Å². The van der Waals surface area contributed by atoms with E-state index in [1.165, 1.54) is 0 Å². The number of nitrogens with zero attached hydrogens (tertiary/aromatic N) is 1. The summed E-state index contributed by atoms with van der Waals surface area (Å²) in [7, 11) is 0. The van der Waals surface area contributed by atoms with E-state index in [1.54, 1.807) is 0 Å². The Labute approximate surface area is 66.3 Å². The Morgan fingerprint density at radius 1 is 1.00 bits per heavy atom. The zero-order valence-corrected chi connectivity index (χ0v) is 6.82. The standard InChI is InChI=1S/Fe.N.Si.Y/q+3;-3;;. The van der Waals surface area contributed by atoms with Gasteiger partial charge in [0.05, 0.1) is 0 Å². The van der Waals surface area contributed by atoms with E-state index in [0.29, 0.717) is 0 Å². The molecule has 0 unspecified atom stereocenters. The maximum Gasteiger partial charge on any atom is 3.00 e. The van der Waals surface area contributed by atoms with Crippen LogP contribution >= 0.6 is 0 Å². The summed E-state index contributed by atoms with van der Waals surface area (Å²) in [5, 5.41) is 0. The third-order valence-electron chi connectivity index (χ3n) is 0. The Balaban J connectivity index is 0. The summed E-state index contributed by atoms with van der Waals surface area (Å²) < 4.78 is 0. The molecule has 6 radical (unpaired) electrons. The second-order valence-corrected chi connectivity index (χ2v) is 0. The SMILES string of the molecule is [Fe+3].[N-3].[Si].[Y].